The lowest BCUT2D eigenvalue weighted by Crippen LogP contribution is -2.60. The van der Waals surface area contributed by atoms with Crippen molar-refractivity contribution in [3.63, 3.8) is 0 Å². The van der Waals surface area contributed by atoms with Gasteiger partial charge < -0.3 is 26.0 Å². The van der Waals surface area contributed by atoms with Gasteiger partial charge in [0.2, 0.25) is 0 Å². The molecule has 0 bridgehead atoms. The molecular weight excluding hydrogens is 505 g/mol. The molecule has 38 heavy (non-hydrogen) atoms. The number of fused-ring (bicyclic) bond motifs is 1. The lowest BCUT2D eigenvalue weighted by Gasteiger charge is -2.41. The minimum atomic E-state index is -3.09. The first kappa shape index (κ1) is 25.4. The molecule has 3 aromatic rings. The molecule has 0 radical (unpaired) electrons. The minimum absolute atomic E-state index is 0.0439. The maximum absolute atomic E-state index is 15.0. The number of carbonyl (C=O) groups excluding carboxylic acids is 1. The van der Waals surface area contributed by atoms with Crippen LogP contribution in [0.4, 0.5) is 35.3 Å². The summed E-state index contributed by atoms with van der Waals surface area (Å²) >= 11 is 0. The van der Waals surface area contributed by atoms with E-state index in [1.807, 2.05) is 6.07 Å². The first-order valence-electron chi connectivity index (χ1n) is 11.9. The number of imidazole rings is 1. The van der Waals surface area contributed by atoms with Crippen molar-refractivity contribution < 1.29 is 22.7 Å². The average Bonchev–Trinajstić information content (AvgIpc) is 3.39. The van der Waals surface area contributed by atoms with Gasteiger partial charge in [-0.05, 0) is 24.3 Å². The molecule has 5 rings (SSSR count). The number of aromatic nitrogens is 3. The van der Waals surface area contributed by atoms with Gasteiger partial charge in [0.15, 0.2) is 11.6 Å². The van der Waals surface area contributed by atoms with E-state index in [1.54, 1.807) is 25.2 Å². The second kappa shape index (κ2) is 9.25. The SMILES string of the molecule is C[C@H]1CN(c2nc(Nc3ccc4c(c3)n(C[C@@H]3CNC(=O)O3)c(=O)n4C)c(F)cc2C#N)C[C@@H](N)C1(F)F. The largest absolute Gasteiger partial charge is 0.442 e. The predicted molar refractivity (Wildman–Crippen MR) is 132 cm³/mol. The number of carbonyl (C=O) groups is 1. The highest BCUT2D eigenvalue weighted by Gasteiger charge is 2.48. The summed E-state index contributed by atoms with van der Waals surface area (Å²) in [6.07, 6.45) is -1.09. The zero-order chi connectivity index (χ0) is 27.4. The van der Waals surface area contributed by atoms with E-state index in [2.05, 4.69) is 15.6 Å². The Morgan fingerprint density at radius 1 is 1.29 bits per heavy atom. The molecule has 0 saturated carbocycles. The Balaban J connectivity index is 1.48. The zero-order valence-corrected chi connectivity index (χ0v) is 20.5. The van der Waals surface area contributed by atoms with Crippen molar-refractivity contribution in [2.45, 2.75) is 31.5 Å². The summed E-state index contributed by atoms with van der Waals surface area (Å²) in [6.45, 7) is 1.36. The van der Waals surface area contributed by atoms with E-state index in [0.29, 0.717) is 16.7 Å². The van der Waals surface area contributed by atoms with Gasteiger partial charge in [0.25, 0.3) is 5.92 Å². The number of anilines is 3. The molecule has 0 spiro atoms. The third kappa shape index (κ3) is 4.28. The number of hydrogen-bond donors (Lipinski definition) is 3. The van der Waals surface area contributed by atoms with Crippen LogP contribution in [-0.2, 0) is 18.3 Å². The van der Waals surface area contributed by atoms with Gasteiger partial charge in [-0.15, -0.1) is 0 Å². The molecule has 200 valence electrons. The lowest BCUT2D eigenvalue weighted by atomic mass is 9.91. The Morgan fingerprint density at radius 2 is 2.05 bits per heavy atom. The number of ether oxygens (including phenoxy) is 1. The molecule has 2 fully saturated rings. The standard InChI is InChI=1S/C24H25F3N8O3/c1-12-9-34(11-19(29)24(12,26)27)21-13(7-28)5-16(25)20(32-21)31-14-3-4-17-18(6-14)35(23(37)33(17)2)10-15-8-30-22(36)38-15/h3-6,12,15,19H,8-11,29H2,1-2H3,(H,30,36)(H,31,32)/t12-,15-,19+/m0/s1. The molecule has 3 atom stereocenters. The second-order valence-corrected chi connectivity index (χ2v) is 9.58. The predicted octanol–water partition coefficient (Wildman–Crippen LogP) is 2.02. The molecule has 2 aliphatic rings. The number of alkyl halides is 2. The lowest BCUT2D eigenvalue weighted by molar-refractivity contribution is -0.0807. The number of rotatable bonds is 5. The maximum atomic E-state index is 15.0. The summed E-state index contributed by atoms with van der Waals surface area (Å²) in [4.78, 5) is 30.0. The average molecular weight is 531 g/mol. The molecule has 4 heterocycles. The molecular formula is C24H25F3N8O3. The number of nitrogens with two attached hydrogens (primary N) is 1. The third-order valence-electron chi connectivity index (χ3n) is 6.98. The number of cyclic esters (lactones) is 1. The van der Waals surface area contributed by atoms with Crippen LogP contribution in [0.15, 0.2) is 29.1 Å². The Bertz CT molecular complexity index is 1510. The molecule has 2 saturated heterocycles. The van der Waals surface area contributed by atoms with Gasteiger partial charge in [-0.25, -0.2) is 27.7 Å². The number of aryl methyl sites for hydroxylation is 1. The number of benzene rings is 1. The van der Waals surface area contributed by atoms with E-state index in [1.165, 1.54) is 21.0 Å². The molecule has 0 unspecified atom stereocenters. The first-order chi connectivity index (χ1) is 18.0. The zero-order valence-electron chi connectivity index (χ0n) is 20.5. The van der Waals surface area contributed by atoms with Gasteiger partial charge in [-0.2, -0.15) is 5.26 Å². The summed E-state index contributed by atoms with van der Waals surface area (Å²) in [5.74, 6) is -5.19. The number of hydrogen-bond acceptors (Lipinski definition) is 8. The van der Waals surface area contributed by atoms with E-state index in [4.69, 9.17) is 10.5 Å². The molecule has 1 aromatic carbocycles. The summed E-state index contributed by atoms with van der Waals surface area (Å²) in [6, 6.07) is 6.31. The van der Waals surface area contributed by atoms with Crippen molar-refractivity contribution in [3.8, 4) is 6.07 Å². The van der Waals surface area contributed by atoms with Crippen molar-refractivity contribution in [2.24, 2.45) is 18.7 Å². The van der Waals surface area contributed by atoms with Gasteiger partial charge in [-0.1, -0.05) is 6.92 Å². The number of nitrogens with zero attached hydrogens (tertiary/aromatic N) is 5. The summed E-state index contributed by atoms with van der Waals surface area (Å²) < 4.78 is 51.6. The van der Waals surface area contributed by atoms with E-state index in [-0.39, 0.29) is 49.1 Å². The first-order valence-corrected chi connectivity index (χ1v) is 11.9. The molecule has 2 aliphatic heterocycles. The number of pyridine rings is 1. The van der Waals surface area contributed by atoms with Crippen molar-refractivity contribution in [3.05, 3.63) is 46.1 Å². The van der Waals surface area contributed by atoms with Crippen LogP contribution in [0.2, 0.25) is 0 Å². The fourth-order valence-corrected chi connectivity index (χ4v) is 4.85. The Kier molecular flexibility index (Phi) is 6.18. The quantitative estimate of drug-likeness (QED) is 0.455. The highest BCUT2D eigenvalue weighted by molar-refractivity contribution is 5.81. The van der Waals surface area contributed by atoms with Crippen LogP contribution in [-0.4, -0.2) is 57.9 Å². The topological polar surface area (TPSA) is 143 Å². The molecule has 14 heteroatoms. The van der Waals surface area contributed by atoms with E-state index >= 15 is 0 Å². The van der Waals surface area contributed by atoms with Gasteiger partial charge >= 0.3 is 11.8 Å². The summed E-state index contributed by atoms with van der Waals surface area (Å²) in [7, 11) is 1.61. The Labute approximate surface area is 214 Å². The van der Waals surface area contributed by atoms with Crippen LogP contribution in [0, 0.1) is 23.1 Å². The van der Waals surface area contributed by atoms with Crippen LogP contribution in [0.5, 0.6) is 0 Å². The number of piperidine rings is 1. The summed E-state index contributed by atoms with van der Waals surface area (Å²) in [5.41, 5.74) is 6.78. The fourth-order valence-electron chi connectivity index (χ4n) is 4.85. The number of amides is 1. The fraction of sp³-hybridized carbons (Fsp3) is 0.417. The highest BCUT2D eigenvalue weighted by atomic mass is 19.3. The number of halogens is 3. The van der Waals surface area contributed by atoms with Crippen LogP contribution < -0.4 is 27.0 Å². The highest BCUT2D eigenvalue weighted by Crippen LogP contribution is 2.36. The van der Waals surface area contributed by atoms with Gasteiger partial charge in [-0.3, -0.25) is 9.13 Å². The van der Waals surface area contributed by atoms with E-state index in [0.717, 1.165) is 6.07 Å². The van der Waals surface area contributed by atoms with Crippen molar-refractivity contribution >= 4 is 34.4 Å². The van der Waals surface area contributed by atoms with Gasteiger partial charge in [0.05, 0.1) is 35.7 Å². The van der Waals surface area contributed by atoms with Crippen LogP contribution >= 0.6 is 0 Å². The van der Waals surface area contributed by atoms with Gasteiger partial charge in [0.1, 0.15) is 18.0 Å². The normalized spacial score (nSPS) is 22.7. The monoisotopic (exact) mass is 530 g/mol. The van der Waals surface area contributed by atoms with Crippen LogP contribution in [0.25, 0.3) is 11.0 Å². The van der Waals surface area contributed by atoms with Crippen molar-refractivity contribution in [1.29, 1.82) is 5.26 Å². The maximum Gasteiger partial charge on any atom is 0.407 e. The smallest absolute Gasteiger partial charge is 0.407 e. The number of alkyl carbamates (subject to hydrolysis) is 1. The number of nitriles is 1. The second-order valence-electron chi connectivity index (χ2n) is 9.58. The van der Waals surface area contributed by atoms with Crippen LogP contribution in [0.1, 0.15) is 12.5 Å². The van der Waals surface area contributed by atoms with E-state index in [9.17, 15) is 28.0 Å². The van der Waals surface area contributed by atoms with Crippen molar-refractivity contribution in [1.82, 2.24) is 19.4 Å². The molecule has 11 nitrogen and oxygen atoms in total. The molecule has 1 amide bonds. The van der Waals surface area contributed by atoms with Gasteiger partial charge in [0, 0.05) is 31.7 Å². The Morgan fingerprint density at radius 3 is 2.71 bits per heavy atom. The number of nitrogens with one attached hydrogen (secondary N) is 2. The third-order valence-corrected chi connectivity index (χ3v) is 6.98. The molecule has 4 N–H and O–H groups in total. The van der Waals surface area contributed by atoms with Crippen molar-refractivity contribution in [2.75, 3.05) is 29.9 Å². The molecule has 2 aromatic heterocycles. The van der Waals surface area contributed by atoms with Crippen LogP contribution in [0.3, 0.4) is 0 Å². The Hall–Kier alpha value is -4.25. The summed E-state index contributed by atoms with van der Waals surface area (Å²) in [5, 5.41) is 15.0. The minimum Gasteiger partial charge on any atom is -0.442 e. The molecule has 0 aliphatic carbocycles. The van der Waals surface area contributed by atoms with E-state index < -0.39 is 35.9 Å².